The van der Waals surface area contributed by atoms with Crippen LogP contribution in [-0.2, 0) is 14.8 Å². The van der Waals surface area contributed by atoms with Crippen LogP contribution in [0.25, 0.3) is 0 Å². The smallest absolute Gasteiger partial charge is 0.412 e. The van der Waals surface area contributed by atoms with Gasteiger partial charge >= 0.3 is 6.09 Å². The summed E-state index contributed by atoms with van der Waals surface area (Å²) in [6, 6.07) is 9.73. The number of hydrogen-bond donors (Lipinski definition) is 3. The third kappa shape index (κ3) is 5.53. The van der Waals surface area contributed by atoms with Gasteiger partial charge in [0.15, 0.2) is 0 Å². The Balaban J connectivity index is 2.26. The lowest BCUT2D eigenvalue weighted by Crippen LogP contribution is -2.27. The number of amides is 1. The van der Waals surface area contributed by atoms with Gasteiger partial charge in [0.1, 0.15) is 11.4 Å². The molecule has 2 aromatic rings. The van der Waals surface area contributed by atoms with Gasteiger partial charge in [0, 0.05) is 5.02 Å². The Morgan fingerprint density at radius 2 is 1.85 bits per heavy atom. The van der Waals surface area contributed by atoms with E-state index in [1.165, 1.54) is 18.2 Å². The van der Waals surface area contributed by atoms with Crippen LogP contribution in [0.2, 0.25) is 5.02 Å². The van der Waals surface area contributed by atoms with Crippen LogP contribution in [0.5, 0.6) is 5.75 Å². The van der Waals surface area contributed by atoms with Gasteiger partial charge in [-0.1, -0.05) is 17.7 Å². The zero-order chi connectivity index (χ0) is 19.5. The van der Waals surface area contributed by atoms with Gasteiger partial charge in [-0.15, -0.1) is 0 Å². The van der Waals surface area contributed by atoms with Gasteiger partial charge in [0.05, 0.1) is 16.3 Å². The molecule has 9 heteroatoms. The first kappa shape index (κ1) is 19.9. The van der Waals surface area contributed by atoms with Crippen molar-refractivity contribution in [2.75, 3.05) is 10.0 Å². The van der Waals surface area contributed by atoms with Gasteiger partial charge in [-0.3, -0.25) is 10.0 Å². The summed E-state index contributed by atoms with van der Waals surface area (Å²) < 4.78 is 32.5. The zero-order valence-electron chi connectivity index (χ0n) is 14.4. The molecule has 26 heavy (non-hydrogen) atoms. The Labute approximate surface area is 157 Å². The minimum absolute atomic E-state index is 0.0896. The molecule has 2 rings (SSSR count). The summed E-state index contributed by atoms with van der Waals surface area (Å²) in [5, 5.41) is 12.6. The number of phenols is 1. The fraction of sp³-hybridized carbons (Fsp3) is 0.235. The second-order valence-corrected chi connectivity index (χ2v) is 8.54. The highest BCUT2D eigenvalue weighted by Crippen LogP contribution is 2.28. The first-order chi connectivity index (χ1) is 12.0. The molecule has 1 amide bonds. The number of halogens is 1. The Morgan fingerprint density at radius 3 is 2.46 bits per heavy atom. The predicted octanol–water partition coefficient (Wildman–Crippen LogP) is 4.19. The van der Waals surface area contributed by atoms with Crippen molar-refractivity contribution in [3.05, 3.63) is 47.5 Å². The van der Waals surface area contributed by atoms with Crippen LogP contribution in [0.1, 0.15) is 20.8 Å². The number of aromatic hydroxyl groups is 1. The van der Waals surface area contributed by atoms with E-state index in [-0.39, 0.29) is 22.0 Å². The highest BCUT2D eigenvalue weighted by atomic mass is 35.5. The lowest BCUT2D eigenvalue weighted by Gasteiger charge is -2.20. The van der Waals surface area contributed by atoms with Crippen molar-refractivity contribution < 1.29 is 23.1 Å². The summed E-state index contributed by atoms with van der Waals surface area (Å²) in [5.41, 5.74) is -0.544. The second kappa shape index (κ2) is 7.43. The molecule has 0 heterocycles. The maximum Gasteiger partial charge on any atom is 0.412 e. The lowest BCUT2D eigenvalue weighted by molar-refractivity contribution is 0.0635. The second-order valence-electron chi connectivity index (χ2n) is 6.42. The van der Waals surface area contributed by atoms with E-state index in [0.717, 1.165) is 6.07 Å². The molecule has 2 aromatic carbocycles. The van der Waals surface area contributed by atoms with E-state index in [1.807, 2.05) is 0 Å². The van der Waals surface area contributed by atoms with E-state index < -0.39 is 21.7 Å². The molecule has 0 fully saturated rings. The Morgan fingerprint density at radius 1 is 1.15 bits per heavy atom. The van der Waals surface area contributed by atoms with E-state index >= 15 is 0 Å². The van der Waals surface area contributed by atoms with Crippen LogP contribution < -0.4 is 10.0 Å². The minimum Gasteiger partial charge on any atom is -0.506 e. The summed E-state index contributed by atoms with van der Waals surface area (Å²) in [7, 11) is -3.95. The number of anilines is 2. The monoisotopic (exact) mass is 398 g/mol. The molecule has 0 saturated carbocycles. The van der Waals surface area contributed by atoms with Gasteiger partial charge in [0.2, 0.25) is 0 Å². The number of ether oxygens (including phenoxy) is 1. The number of rotatable bonds is 4. The van der Waals surface area contributed by atoms with Crippen molar-refractivity contribution in [2.45, 2.75) is 31.3 Å². The molecule has 0 radical (unpaired) electrons. The molecule has 0 aliphatic heterocycles. The molecule has 0 aromatic heterocycles. The maximum absolute atomic E-state index is 12.5. The zero-order valence-corrected chi connectivity index (χ0v) is 16.0. The fourth-order valence-electron chi connectivity index (χ4n) is 1.96. The Kier molecular flexibility index (Phi) is 5.68. The molecule has 140 valence electrons. The van der Waals surface area contributed by atoms with Crippen LogP contribution in [-0.4, -0.2) is 25.2 Å². The normalized spacial score (nSPS) is 11.7. The quantitative estimate of drug-likeness (QED) is 0.669. The van der Waals surface area contributed by atoms with Crippen molar-refractivity contribution >= 4 is 39.1 Å². The molecule has 0 aliphatic rings. The number of carbonyl (C=O) groups is 1. The number of nitrogens with one attached hydrogen (secondary N) is 2. The topological polar surface area (TPSA) is 105 Å². The number of sulfonamides is 1. The van der Waals surface area contributed by atoms with E-state index in [4.69, 9.17) is 16.3 Å². The summed E-state index contributed by atoms with van der Waals surface area (Å²) >= 11 is 5.85. The number of phenolic OH excluding ortho intramolecular Hbond substituents is 1. The molecule has 0 aliphatic carbocycles. The van der Waals surface area contributed by atoms with Gasteiger partial charge in [-0.25, -0.2) is 13.2 Å². The standard InChI is InChI=1S/C17H19ClN2O5S/c1-17(2,3)25-16(22)19-14-10-13(7-8-15(14)21)26(23,24)20-12-6-4-5-11(18)9-12/h4-10,20-21H,1-3H3,(H,19,22). The molecule has 0 saturated heterocycles. The largest absolute Gasteiger partial charge is 0.506 e. The Hall–Kier alpha value is -2.45. The average molecular weight is 399 g/mol. The first-order valence-electron chi connectivity index (χ1n) is 7.58. The van der Waals surface area contributed by atoms with Gasteiger partial charge in [-0.2, -0.15) is 0 Å². The molecule has 3 N–H and O–H groups in total. The molecular weight excluding hydrogens is 380 g/mol. The summed E-state index contributed by atoms with van der Waals surface area (Å²) in [5.74, 6) is -0.294. The van der Waals surface area contributed by atoms with Crippen molar-refractivity contribution in [1.29, 1.82) is 0 Å². The van der Waals surface area contributed by atoms with Crippen LogP contribution >= 0.6 is 11.6 Å². The van der Waals surface area contributed by atoms with Crippen molar-refractivity contribution in [1.82, 2.24) is 0 Å². The summed E-state index contributed by atoms with van der Waals surface area (Å²) in [6.07, 6.45) is -0.815. The van der Waals surface area contributed by atoms with Crippen molar-refractivity contribution in [3.8, 4) is 5.75 Å². The molecule has 0 atom stereocenters. The predicted molar refractivity (Wildman–Crippen MR) is 100 cm³/mol. The number of benzene rings is 2. The molecule has 0 unspecified atom stereocenters. The van der Waals surface area contributed by atoms with Gasteiger partial charge < -0.3 is 9.84 Å². The summed E-state index contributed by atoms with van der Waals surface area (Å²) in [6.45, 7) is 5.05. The first-order valence-corrected chi connectivity index (χ1v) is 9.44. The van der Waals surface area contributed by atoms with Gasteiger partial charge in [0.25, 0.3) is 10.0 Å². The molecule has 0 spiro atoms. The van der Waals surface area contributed by atoms with E-state index in [0.29, 0.717) is 5.02 Å². The Bertz CT molecular complexity index is 923. The van der Waals surface area contributed by atoms with E-state index in [1.54, 1.807) is 39.0 Å². The third-order valence-electron chi connectivity index (χ3n) is 2.99. The van der Waals surface area contributed by atoms with E-state index in [2.05, 4.69) is 10.0 Å². The third-order valence-corrected chi connectivity index (χ3v) is 4.60. The average Bonchev–Trinajstić information content (AvgIpc) is 2.47. The van der Waals surface area contributed by atoms with Crippen LogP contribution in [0.3, 0.4) is 0 Å². The molecule has 7 nitrogen and oxygen atoms in total. The maximum atomic E-state index is 12.5. The highest BCUT2D eigenvalue weighted by molar-refractivity contribution is 7.92. The van der Waals surface area contributed by atoms with Gasteiger partial charge in [-0.05, 0) is 57.2 Å². The molecule has 0 bridgehead atoms. The fourth-order valence-corrected chi connectivity index (χ4v) is 3.23. The highest BCUT2D eigenvalue weighted by Gasteiger charge is 2.20. The van der Waals surface area contributed by atoms with Crippen LogP contribution in [0.15, 0.2) is 47.4 Å². The SMILES string of the molecule is CC(C)(C)OC(=O)Nc1cc(S(=O)(=O)Nc2cccc(Cl)c2)ccc1O. The van der Waals surface area contributed by atoms with E-state index in [9.17, 15) is 18.3 Å². The van der Waals surface area contributed by atoms with Crippen molar-refractivity contribution in [3.63, 3.8) is 0 Å². The number of hydrogen-bond acceptors (Lipinski definition) is 5. The molecular formula is C17H19ClN2O5S. The van der Waals surface area contributed by atoms with Crippen LogP contribution in [0, 0.1) is 0 Å². The van der Waals surface area contributed by atoms with Crippen LogP contribution in [0.4, 0.5) is 16.2 Å². The number of carbonyl (C=O) groups excluding carboxylic acids is 1. The lowest BCUT2D eigenvalue weighted by atomic mass is 10.2. The summed E-state index contributed by atoms with van der Waals surface area (Å²) in [4.78, 5) is 11.7. The van der Waals surface area contributed by atoms with Crippen molar-refractivity contribution in [2.24, 2.45) is 0 Å². The minimum atomic E-state index is -3.95.